The van der Waals surface area contributed by atoms with Gasteiger partial charge in [-0.05, 0) is 37.1 Å². The van der Waals surface area contributed by atoms with Gasteiger partial charge in [0.1, 0.15) is 0 Å². The van der Waals surface area contributed by atoms with E-state index in [0.29, 0.717) is 6.04 Å². The summed E-state index contributed by atoms with van der Waals surface area (Å²) in [7, 11) is 0. The molecule has 0 saturated heterocycles. The number of rotatable bonds is 3. The Hall–Kier alpha value is -1.49. The van der Waals surface area contributed by atoms with E-state index in [4.69, 9.17) is 0 Å². The minimum atomic E-state index is 0.451. The maximum atomic E-state index is 4.39. The van der Waals surface area contributed by atoms with Crippen molar-refractivity contribution >= 4 is 32.8 Å². The van der Waals surface area contributed by atoms with Crippen molar-refractivity contribution in [2.75, 3.05) is 13.1 Å². The average molecular weight is 321 g/mol. The molecule has 3 N–H and O–H groups in total. The van der Waals surface area contributed by atoms with Crippen LogP contribution in [-0.2, 0) is 6.42 Å². The molecule has 0 spiro atoms. The van der Waals surface area contributed by atoms with Gasteiger partial charge in [-0.2, -0.15) is 0 Å². The SMILES string of the molecule is CC1CN=C(NCCc2c[nH]c3ccc(Br)cc23)N1. The number of aromatic nitrogens is 1. The minimum Gasteiger partial charge on any atom is -0.361 e. The zero-order valence-corrected chi connectivity index (χ0v) is 12.4. The standard InChI is InChI=1S/C14H17BrN4/c1-9-7-18-14(19-9)16-5-4-10-8-17-13-3-2-11(15)6-12(10)13/h2-3,6,8-9,17H,4-5,7H2,1H3,(H2,16,18,19). The molecular weight excluding hydrogens is 304 g/mol. The van der Waals surface area contributed by atoms with Crippen LogP contribution in [0.3, 0.4) is 0 Å². The van der Waals surface area contributed by atoms with Gasteiger partial charge in [-0.15, -0.1) is 0 Å². The van der Waals surface area contributed by atoms with Gasteiger partial charge in [-0.25, -0.2) is 0 Å². The lowest BCUT2D eigenvalue weighted by atomic mass is 10.1. The van der Waals surface area contributed by atoms with Crippen LogP contribution in [0.15, 0.2) is 33.9 Å². The highest BCUT2D eigenvalue weighted by Crippen LogP contribution is 2.22. The molecule has 0 bridgehead atoms. The molecule has 0 radical (unpaired) electrons. The van der Waals surface area contributed by atoms with Crippen LogP contribution in [-0.4, -0.2) is 30.1 Å². The van der Waals surface area contributed by atoms with E-state index in [1.54, 1.807) is 0 Å². The summed E-state index contributed by atoms with van der Waals surface area (Å²) in [6.45, 7) is 3.88. The fraction of sp³-hybridized carbons (Fsp3) is 0.357. The molecule has 1 aliphatic heterocycles. The number of hydrogen-bond acceptors (Lipinski definition) is 3. The number of guanidine groups is 1. The molecule has 4 nitrogen and oxygen atoms in total. The van der Waals surface area contributed by atoms with Gasteiger partial charge in [0.25, 0.3) is 0 Å². The Morgan fingerprint density at radius 3 is 3.16 bits per heavy atom. The van der Waals surface area contributed by atoms with Crippen molar-refractivity contribution in [1.29, 1.82) is 0 Å². The highest BCUT2D eigenvalue weighted by Gasteiger charge is 2.11. The lowest BCUT2D eigenvalue weighted by Crippen LogP contribution is -2.38. The van der Waals surface area contributed by atoms with Crippen molar-refractivity contribution in [2.24, 2.45) is 4.99 Å². The topological polar surface area (TPSA) is 52.2 Å². The Kier molecular flexibility index (Phi) is 3.46. The van der Waals surface area contributed by atoms with Gasteiger partial charge in [0.2, 0.25) is 0 Å². The smallest absolute Gasteiger partial charge is 0.191 e. The molecular formula is C14H17BrN4. The Morgan fingerprint density at radius 1 is 1.47 bits per heavy atom. The zero-order chi connectivity index (χ0) is 13.2. The van der Waals surface area contributed by atoms with E-state index in [1.165, 1.54) is 16.5 Å². The lowest BCUT2D eigenvalue weighted by Gasteiger charge is -2.08. The molecule has 1 atom stereocenters. The maximum absolute atomic E-state index is 4.39. The molecule has 1 aromatic carbocycles. The van der Waals surface area contributed by atoms with E-state index in [0.717, 1.165) is 29.9 Å². The quantitative estimate of drug-likeness (QED) is 0.813. The van der Waals surface area contributed by atoms with Crippen molar-refractivity contribution in [1.82, 2.24) is 15.6 Å². The summed E-state index contributed by atoms with van der Waals surface area (Å²) >= 11 is 3.52. The molecule has 0 amide bonds. The van der Waals surface area contributed by atoms with Crippen molar-refractivity contribution in [3.05, 3.63) is 34.4 Å². The van der Waals surface area contributed by atoms with Crippen LogP contribution >= 0.6 is 15.9 Å². The molecule has 3 rings (SSSR count). The molecule has 100 valence electrons. The lowest BCUT2D eigenvalue weighted by molar-refractivity contribution is 0.712. The largest absolute Gasteiger partial charge is 0.361 e. The number of aliphatic imine (C=N–C) groups is 1. The van der Waals surface area contributed by atoms with E-state index in [9.17, 15) is 0 Å². The first kappa shape index (κ1) is 12.5. The molecule has 2 heterocycles. The first-order chi connectivity index (χ1) is 9.22. The summed E-state index contributed by atoms with van der Waals surface area (Å²) < 4.78 is 1.12. The van der Waals surface area contributed by atoms with Crippen LogP contribution in [0, 0.1) is 0 Å². The number of halogens is 1. The van der Waals surface area contributed by atoms with Gasteiger partial charge in [0, 0.05) is 34.2 Å². The van der Waals surface area contributed by atoms with Crippen molar-refractivity contribution in [3.63, 3.8) is 0 Å². The maximum Gasteiger partial charge on any atom is 0.191 e. The van der Waals surface area contributed by atoms with Gasteiger partial charge in [0.05, 0.1) is 6.54 Å². The summed E-state index contributed by atoms with van der Waals surface area (Å²) in [4.78, 5) is 7.70. The van der Waals surface area contributed by atoms with E-state index >= 15 is 0 Å². The van der Waals surface area contributed by atoms with Crippen molar-refractivity contribution < 1.29 is 0 Å². The molecule has 1 aliphatic rings. The van der Waals surface area contributed by atoms with Gasteiger partial charge in [-0.3, -0.25) is 4.99 Å². The molecule has 2 aromatic rings. The van der Waals surface area contributed by atoms with Crippen LogP contribution in [0.4, 0.5) is 0 Å². The number of hydrogen-bond donors (Lipinski definition) is 3. The third kappa shape index (κ3) is 2.76. The Labute approximate surface area is 120 Å². The summed E-state index contributed by atoms with van der Waals surface area (Å²) in [5, 5.41) is 7.93. The zero-order valence-electron chi connectivity index (χ0n) is 10.8. The molecule has 19 heavy (non-hydrogen) atoms. The van der Waals surface area contributed by atoms with Gasteiger partial charge < -0.3 is 15.6 Å². The van der Waals surface area contributed by atoms with E-state index in [-0.39, 0.29) is 0 Å². The predicted molar refractivity (Wildman–Crippen MR) is 82.6 cm³/mol. The summed E-state index contributed by atoms with van der Waals surface area (Å²) in [5.74, 6) is 0.925. The first-order valence-corrected chi connectivity index (χ1v) is 7.32. The summed E-state index contributed by atoms with van der Waals surface area (Å²) in [6.07, 6.45) is 3.07. The van der Waals surface area contributed by atoms with E-state index in [1.807, 2.05) is 0 Å². The highest BCUT2D eigenvalue weighted by molar-refractivity contribution is 9.10. The van der Waals surface area contributed by atoms with Crippen molar-refractivity contribution in [2.45, 2.75) is 19.4 Å². The summed E-state index contributed by atoms with van der Waals surface area (Å²) in [5.41, 5.74) is 2.51. The second kappa shape index (κ2) is 5.25. The number of H-pyrrole nitrogens is 1. The van der Waals surface area contributed by atoms with E-state index < -0.39 is 0 Å². The minimum absolute atomic E-state index is 0.451. The third-order valence-electron chi connectivity index (χ3n) is 3.32. The van der Waals surface area contributed by atoms with E-state index in [2.05, 4.69) is 67.9 Å². The second-order valence-electron chi connectivity index (χ2n) is 4.92. The normalized spacial score (nSPS) is 18.4. The number of fused-ring (bicyclic) bond motifs is 1. The number of benzene rings is 1. The third-order valence-corrected chi connectivity index (χ3v) is 3.82. The molecule has 1 unspecified atom stereocenters. The molecule has 1 aromatic heterocycles. The molecule has 0 fully saturated rings. The predicted octanol–water partition coefficient (Wildman–Crippen LogP) is 2.41. The fourth-order valence-electron chi connectivity index (χ4n) is 2.33. The van der Waals surface area contributed by atoms with Crippen LogP contribution in [0.2, 0.25) is 0 Å². The number of nitrogens with one attached hydrogen (secondary N) is 3. The monoisotopic (exact) mass is 320 g/mol. The van der Waals surface area contributed by atoms with Crippen LogP contribution in [0.5, 0.6) is 0 Å². The number of aromatic amines is 1. The van der Waals surface area contributed by atoms with Gasteiger partial charge in [0.15, 0.2) is 5.96 Å². The molecule has 0 aliphatic carbocycles. The van der Waals surface area contributed by atoms with Gasteiger partial charge in [-0.1, -0.05) is 15.9 Å². The van der Waals surface area contributed by atoms with Crippen LogP contribution in [0.1, 0.15) is 12.5 Å². The van der Waals surface area contributed by atoms with Gasteiger partial charge >= 0.3 is 0 Å². The second-order valence-corrected chi connectivity index (χ2v) is 5.83. The number of nitrogens with zero attached hydrogens (tertiary/aromatic N) is 1. The van der Waals surface area contributed by atoms with Crippen LogP contribution < -0.4 is 10.6 Å². The Bertz CT molecular complexity index is 617. The molecule has 5 heteroatoms. The highest BCUT2D eigenvalue weighted by atomic mass is 79.9. The Balaban J connectivity index is 1.64. The fourth-order valence-corrected chi connectivity index (χ4v) is 2.69. The average Bonchev–Trinajstić information content (AvgIpc) is 2.97. The van der Waals surface area contributed by atoms with Crippen molar-refractivity contribution in [3.8, 4) is 0 Å². The molecule has 0 saturated carbocycles. The Morgan fingerprint density at radius 2 is 2.37 bits per heavy atom. The van der Waals surface area contributed by atoms with Crippen LogP contribution in [0.25, 0.3) is 10.9 Å². The summed E-state index contributed by atoms with van der Waals surface area (Å²) in [6, 6.07) is 6.76. The first-order valence-electron chi connectivity index (χ1n) is 6.53.